The third-order valence-electron chi connectivity index (χ3n) is 5.44. The Morgan fingerprint density at radius 1 is 1.09 bits per heavy atom. The van der Waals surface area contributed by atoms with Gasteiger partial charge in [-0.3, -0.25) is 19.7 Å². The Hall–Kier alpha value is -3.36. The van der Waals surface area contributed by atoms with Crippen LogP contribution < -0.4 is 15.5 Å². The molecule has 1 atom stereocenters. The van der Waals surface area contributed by atoms with Gasteiger partial charge in [-0.15, -0.1) is 0 Å². The topological polar surface area (TPSA) is 78.5 Å². The van der Waals surface area contributed by atoms with E-state index in [0.29, 0.717) is 25.2 Å². The van der Waals surface area contributed by atoms with E-state index in [0.717, 1.165) is 17.7 Å². The van der Waals surface area contributed by atoms with Crippen LogP contribution in [0.2, 0.25) is 0 Å². The first-order chi connectivity index (χ1) is 15.1. The lowest BCUT2D eigenvalue weighted by Crippen LogP contribution is -2.24. The number of carbonyl (C=O) groups is 3. The molecule has 2 N–H and O–H groups in total. The Bertz CT molecular complexity index is 1020. The lowest BCUT2D eigenvalue weighted by atomic mass is 9.97. The summed E-state index contributed by atoms with van der Waals surface area (Å²) >= 11 is 0. The number of imide groups is 1. The van der Waals surface area contributed by atoms with Gasteiger partial charge in [-0.1, -0.05) is 12.1 Å². The third kappa shape index (κ3) is 5.27. The first-order valence-electron chi connectivity index (χ1n) is 10.3. The van der Waals surface area contributed by atoms with Crippen LogP contribution >= 0.6 is 0 Å². The molecule has 9 heteroatoms. The van der Waals surface area contributed by atoms with Crippen LogP contribution in [0.3, 0.4) is 0 Å². The lowest BCUT2D eigenvalue weighted by Gasteiger charge is -2.25. The number of hydrogen-bond acceptors (Lipinski definition) is 4. The molecular weight excluding hydrogens is 423 g/mol. The molecule has 0 spiro atoms. The number of nitrogens with one attached hydrogen (secondary N) is 2. The molecule has 0 saturated carbocycles. The highest BCUT2D eigenvalue weighted by Crippen LogP contribution is 2.35. The molecule has 0 radical (unpaired) electrons. The molecule has 3 amide bonds. The van der Waals surface area contributed by atoms with Gasteiger partial charge in [0.15, 0.2) is 0 Å². The summed E-state index contributed by atoms with van der Waals surface area (Å²) in [6, 6.07) is 9.74. The van der Waals surface area contributed by atoms with Gasteiger partial charge in [0, 0.05) is 25.1 Å². The molecule has 170 valence electrons. The van der Waals surface area contributed by atoms with E-state index in [1.807, 2.05) is 18.7 Å². The van der Waals surface area contributed by atoms with Gasteiger partial charge in [-0.2, -0.15) is 13.2 Å². The van der Waals surface area contributed by atoms with Crippen LogP contribution in [0.15, 0.2) is 42.5 Å². The summed E-state index contributed by atoms with van der Waals surface area (Å²) in [4.78, 5) is 37.7. The van der Waals surface area contributed by atoms with Gasteiger partial charge in [0.2, 0.25) is 11.8 Å². The highest BCUT2D eigenvalue weighted by Gasteiger charge is 2.32. The molecule has 0 aromatic heterocycles. The van der Waals surface area contributed by atoms with Gasteiger partial charge in [-0.25, -0.2) is 0 Å². The average molecular weight is 447 g/mol. The monoisotopic (exact) mass is 447 g/mol. The molecule has 1 unspecified atom stereocenters. The second kappa shape index (κ2) is 9.42. The van der Waals surface area contributed by atoms with E-state index in [9.17, 15) is 27.6 Å². The molecule has 1 aliphatic rings. The molecule has 6 nitrogen and oxygen atoms in total. The minimum atomic E-state index is -4.53. The van der Waals surface area contributed by atoms with Crippen molar-refractivity contribution < 1.29 is 27.6 Å². The fourth-order valence-corrected chi connectivity index (χ4v) is 3.70. The van der Waals surface area contributed by atoms with Crippen LogP contribution in [-0.4, -0.2) is 30.8 Å². The summed E-state index contributed by atoms with van der Waals surface area (Å²) in [6.45, 7) is 4.89. The number of alkyl halides is 3. The van der Waals surface area contributed by atoms with E-state index in [1.165, 1.54) is 6.07 Å². The second-order valence-electron chi connectivity index (χ2n) is 7.57. The highest BCUT2D eigenvalue weighted by atomic mass is 19.4. The van der Waals surface area contributed by atoms with Crippen molar-refractivity contribution in [2.24, 2.45) is 5.92 Å². The van der Waals surface area contributed by atoms with E-state index < -0.39 is 23.6 Å². The molecule has 1 saturated heterocycles. The summed E-state index contributed by atoms with van der Waals surface area (Å²) in [5, 5.41) is 4.86. The summed E-state index contributed by atoms with van der Waals surface area (Å²) in [7, 11) is 0. The smallest absolute Gasteiger partial charge is 0.370 e. The highest BCUT2D eigenvalue weighted by molar-refractivity contribution is 6.06. The number of carbonyl (C=O) groups excluding carboxylic acids is 3. The average Bonchev–Trinajstić information content (AvgIpc) is 3.06. The maximum absolute atomic E-state index is 13.2. The van der Waals surface area contributed by atoms with Crippen molar-refractivity contribution in [2.45, 2.75) is 32.9 Å². The maximum Gasteiger partial charge on any atom is 0.416 e. The molecule has 0 bridgehead atoms. The molecule has 0 aliphatic carbocycles. The van der Waals surface area contributed by atoms with Crippen LogP contribution in [0, 0.1) is 5.92 Å². The number of nitrogens with zero attached hydrogens (tertiary/aromatic N) is 1. The summed E-state index contributed by atoms with van der Waals surface area (Å²) in [5.41, 5.74) is 0.787. The number of rotatable bonds is 7. The molecule has 32 heavy (non-hydrogen) atoms. The van der Waals surface area contributed by atoms with E-state index in [4.69, 9.17) is 0 Å². The Kier molecular flexibility index (Phi) is 6.86. The predicted octanol–water partition coefficient (Wildman–Crippen LogP) is 4.01. The Morgan fingerprint density at radius 3 is 2.28 bits per heavy atom. The number of amides is 3. The molecule has 2 aromatic rings. The Labute approximate surface area is 183 Å². The number of hydrogen-bond donors (Lipinski definition) is 2. The zero-order chi connectivity index (χ0) is 23.5. The summed E-state index contributed by atoms with van der Waals surface area (Å²) in [6.07, 6.45) is -4.04. The minimum absolute atomic E-state index is 0.0822. The van der Waals surface area contributed by atoms with Gasteiger partial charge in [-0.05, 0) is 56.2 Å². The molecule has 2 aromatic carbocycles. The SMILES string of the molecule is CCN(CC)c1ccc(C(F)(F)F)cc1NC(=O)c1ccc(CC2CC(=O)NC2=O)cc1. The fraction of sp³-hybridized carbons (Fsp3) is 0.348. The lowest BCUT2D eigenvalue weighted by molar-refractivity contribution is -0.137. The van der Waals surface area contributed by atoms with Crippen molar-refractivity contribution in [1.29, 1.82) is 0 Å². The van der Waals surface area contributed by atoms with Gasteiger partial charge in [0.1, 0.15) is 0 Å². The maximum atomic E-state index is 13.2. The normalized spacial score (nSPS) is 16.1. The van der Waals surface area contributed by atoms with Gasteiger partial charge >= 0.3 is 6.18 Å². The third-order valence-corrected chi connectivity index (χ3v) is 5.44. The van der Waals surface area contributed by atoms with Crippen LogP contribution in [0.4, 0.5) is 24.5 Å². The van der Waals surface area contributed by atoms with E-state index in [1.54, 1.807) is 24.3 Å². The molecule has 1 heterocycles. The molecular formula is C23H24F3N3O3. The van der Waals surface area contributed by atoms with Crippen molar-refractivity contribution in [1.82, 2.24) is 5.32 Å². The minimum Gasteiger partial charge on any atom is -0.370 e. The molecule has 1 aliphatic heterocycles. The van der Waals surface area contributed by atoms with Gasteiger partial charge in [0.25, 0.3) is 5.91 Å². The zero-order valence-corrected chi connectivity index (χ0v) is 17.8. The van der Waals surface area contributed by atoms with Gasteiger partial charge in [0.05, 0.1) is 22.9 Å². The fourth-order valence-electron chi connectivity index (χ4n) is 3.70. The van der Waals surface area contributed by atoms with Crippen molar-refractivity contribution in [2.75, 3.05) is 23.3 Å². The number of anilines is 2. The van der Waals surface area contributed by atoms with Crippen molar-refractivity contribution >= 4 is 29.1 Å². The van der Waals surface area contributed by atoms with E-state index >= 15 is 0 Å². The van der Waals surface area contributed by atoms with Crippen LogP contribution in [0.1, 0.15) is 41.8 Å². The van der Waals surface area contributed by atoms with Crippen LogP contribution in [0.25, 0.3) is 0 Å². The largest absolute Gasteiger partial charge is 0.416 e. The second-order valence-corrected chi connectivity index (χ2v) is 7.57. The summed E-state index contributed by atoms with van der Waals surface area (Å²) in [5.74, 6) is -1.60. The predicted molar refractivity (Wildman–Crippen MR) is 114 cm³/mol. The van der Waals surface area contributed by atoms with E-state index in [2.05, 4.69) is 10.6 Å². The molecule has 3 rings (SSSR count). The number of benzene rings is 2. The quantitative estimate of drug-likeness (QED) is 0.629. The van der Waals surface area contributed by atoms with Crippen LogP contribution in [-0.2, 0) is 22.2 Å². The zero-order valence-electron chi connectivity index (χ0n) is 17.8. The first kappa shape index (κ1) is 23.3. The van der Waals surface area contributed by atoms with Crippen molar-refractivity contribution in [3.05, 3.63) is 59.2 Å². The van der Waals surface area contributed by atoms with E-state index in [-0.39, 0.29) is 29.5 Å². The first-order valence-corrected chi connectivity index (χ1v) is 10.3. The molecule has 1 fully saturated rings. The Balaban J connectivity index is 1.79. The van der Waals surface area contributed by atoms with Crippen LogP contribution in [0.5, 0.6) is 0 Å². The summed E-state index contributed by atoms with van der Waals surface area (Å²) < 4.78 is 39.6. The van der Waals surface area contributed by atoms with Crippen molar-refractivity contribution in [3.8, 4) is 0 Å². The Morgan fingerprint density at radius 2 is 1.75 bits per heavy atom. The van der Waals surface area contributed by atoms with Gasteiger partial charge < -0.3 is 10.2 Å². The standard InChI is InChI=1S/C23H24F3N3O3/c1-3-29(4-2)19-10-9-17(23(24,25)26)13-18(19)27-21(31)15-7-5-14(6-8-15)11-16-12-20(30)28-22(16)32/h5-10,13,16H,3-4,11-12H2,1-2H3,(H,27,31)(H,28,30,32). The number of halogens is 3. The van der Waals surface area contributed by atoms with Crippen molar-refractivity contribution in [3.63, 3.8) is 0 Å².